The Labute approximate surface area is 141 Å². The van der Waals surface area contributed by atoms with Crippen LogP contribution in [-0.4, -0.2) is 67.6 Å². The Morgan fingerprint density at radius 1 is 1.36 bits per heavy atom. The van der Waals surface area contributed by atoms with Gasteiger partial charge in [-0.3, -0.25) is 4.79 Å². The molecule has 2 N–H and O–H groups in total. The molecule has 0 radical (unpaired) electrons. The predicted molar refractivity (Wildman–Crippen MR) is 93.5 cm³/mol. The van der Waals surface area contributed by atoms with Crippen LogP contribution in [-0.2, 0) is 4.79 Å². The fraction of sp³-hybridized carbons (Fsp3) is 0.467. The molecule has 0 saturated carbocycles. The van der Waals surface area contributed by atoms with Gasteiger partial charge in [0.05, 0.1) is 39.8 Å². The van der Waals surface area contributed by atoms with Gasteiger partial charge in [0, 0.05) is 17.8 Å². The van der Waals surface area contributed by atoms with Crippen LogP contribution >= 0.6 is 23.8 Å². The Bertz CT molecular complexity index is 529. The molecule has 1 saturated heterocycles. The highest BCUT2D eigenvalue weighted by Crippen LogP contribution is 2.13. The molecule has 22 heavy (non-hydrogen) atoms. The van der Waals surface area contributed by atoms with E-state index < -0.39 is 0 Å². The topological polar surface area (TPSA) is 40.0 Å². The minimum atomic E-state index is 0.121. The molecule has 1 fully saturated rings. The molecule has 120 valence electrons. The van der Waals surface area contributed by atoms with Gasteiger partial charge >= 0.3 is 0 Å². The average molecular weight is 342 g/mol. The van der Waals surface area contributed by atoms with Crippen molar-refractivity contribution < 1.29 is 9.69 Å². The number of piperazine rings is 1. The van der Waals surface area contributed by atoms with Crippen LogP contribution in [0.15, 0.2) is 24.3 Å². The Morgan fingerprint density at radius 2 is 1.95 bits per heavy atom. The first-order valence-corrected chi connectivity index (χ1v) is 8.11. The van der Waals surface area contributed by atoms with Gasteiger partial charge < -0.3 is 20.0 Å². The number of hydrogen-bond donors (Lipinski definition) is 2. The fourth-order valence-corrected chi connectivity index (χ4v) is 2.57. The van der Waals surface area contributed by atoms with E-state index in [0.717, 1.165) is 31.9 Å². The van der Waals surface area contributed by atoms with Crippen LogP contribution in [0.3, 0.4) is 0 Å². The summed E-state index contributed by atoms with van der Waals surface area (Å²) in [6.45, 7) is 3.93. The van der Waals surface area contributed by atoms with Gasteiger partial charge in [0.2, 0.25) is 5.91 Å². The van der Waals surface area contributed by atoms with Gasteiger partial charge in [-0.05, 0) is 36.5 Å². The van der Waals surface area contributed by atoms with E-state index in [-0.39, 0.29) is 5.91 Å². The third-order valence-corrected chi connectivity index (χ3v) is 4.45. The van der Waals surface area contributed by atoms with Crippen LogP contribution in [0.1, 0.15) is 0 Å². The highest BCUT2D eigenvalue weighted by atomic mass is 35.5. The smallest absolute Gasteiger partial charge is 0.242 e. The predicted octanol–water partition coefficient (Wildman–Crippen LogP) is 0.326. The Kier molecular flexibility index (Phi) is 5.99. The molecule has 1 aromatic rings. The van der Waals surface area contributed by atoms with Crippen molar-refractivity contribution in [3.05, 3.63) is 29.3 Å². The Balaban J connectivity index is 1.83. The van der Waals surface area contributed by atoms with Crippen molar-refractivity contribution in [2.45, 2.75) is 0 Å². The Morgan fingerprint density at radius 3 is 2.55 bits per heavy atom. The molecule has 0 bridgehead atoms. The summed E-state index contributed by atoms with van der Waals surface area (Å²) in [6.07, 6.45) is 0. The van der Waals surface area contributed by atoms with Gasteiger partial charge in [0.15, 0.2) is 5.11 Å². The van der Waals surface area contributed by atoms with Gasteiger partial charge in [0.25, 0.3) is 0 Å². The molecule has 0 spiro atoms. The summed E-state index contributed by atoms with van der Waals surface area (Å²) < 4.78 is 0. The van der Waals surface area contributed by atoms with E-state index in [1.165, 1.54) is 4.90 Å². The summed E-state index contributed by atoms with van der Waals surface area (Å²) in [7, 11) is 3.98. The average Bonchev–Trinajstić information content (AvgIpc) is 2.50. The molecule has 0 atom stereocenters. The normalized spacial score (nSPS) is 15.5. The fourth-order valence-electron chi connectivity index (χ4n) is 2.26. The third kappa shape index (κ3) is 4.83. The first-order chi connectivity index (χ1) is 10.5. The summed E-state index contributed by atoms with van der Waals surface area (Å²) in [5.74, 6) is 0.121. The molecule has 1 amide bonds. The minimum Gasteiger partial charge on any atom is -0.343 e. The number of quaternary nitrogens is 1. The summed E-state index contributed by atoms with van der Waals surface area (Å²) >= 11 is 11.2. The lowest BCUT2D eigenvalue weighted by atomic mass is 10.3. The van der Waals surface area contributed by atoms with Gasteiger partial charge in [-0.25, -0.2) is 0 Å². The molecule has 1 aliphatic heterocycles. The summed E-state index contributed by atoms with van der Waals surface area (Å²) in [5, 5.41) is 4.31. The van der Waals surface area contributed by atoms with Crippen LogP contribution in [0.4, 0.5) is 5.69 Å². The maximum absolute atomic E-state index is 12.3. The highest BCUT2D eigenvalue weighted by molar-refractivity contribution is 7.80. The number of carbonyl (C=O) groups excluding carboxylic acids is 1. The number of nitrogens with one attached hydrogen (secondary N) is 2. The molecular formula is C15H22ClN4OS+. The van der Waals surface area contributed by atoms with Crippen LogP contribution < -0.4 is 10.2 Å². The third-order valence-electron chi connectivity index (χ3n) is 3.78. The molecule has 5 nitrogen and oxygen atoms in total. The first-order valence-electron chi connectivity index (χ1n) is 7.32. The molecule has 1 aromatic carbocycles. The van der Waals surface area contributed by atoms with E-state index >= 15 is 0 Å². The number of benzene rings is 1. The monoisotopic (exact) mass is 341 g/mol. The minimum absolute atomic E-state index is 0.121. The summed E-state index contributed by atoms with van der Waals surface area (Å²) in [6, 6.07) is 7.30. The lowest BCUT2D eigenvalue weighted by Gasteiger charge is -2.31. The van der Waals surface area contributed by atoms with Crippen LogP contribution in [0.5, 0.6) is 0 Å². The largest absolute Gasteiger partial charge is 0.343 e. The van der Waals surface area contributed by atoms with Crippen molar-refractivity contribution in [3.63, 3.8) is 0 Å². The zero-order valence-corrected chi connectivity index (χ0v) is 14.5. The number of amides is 1. The quantitative estimate of drug-likeness (QED) is 0.777. The molecular weight excluding hydrogens is 320 g/mol. The van der Waals surface area contributed by atoms with Crippen molar-refractivity contribution >= 4 is 40.5 Å². The summed E-state index contributed by atoms with van der Waals surface area (Å²) in [5.41, 5.74) is 0.858. The van der Waals surface area contributed by atoms with Crippen LogP contribution in [0.2, 0.25) is 5.02 Å². The van der Waals surface area contributed by atoms with Crippen molar-refractivity contribution in [2.24, 2.45) is 0 Å². The standard InChI is InChI=1S/C15H21ClN4OS/c1-18-7-9-20(10-8-18)14(21)11-19(2)15(22)17-13-5-3-12(16)4-6-13/h3-6H,7-11H2,1-2H3,(H,17,22)/p+1. The second-order valence-corrected chi connectivity index (χ2v) is 6.45. The number of hydrogen-bond acceptors (Lipinski definition) is 2. The number of nitrogens with zero attached hydrogens (tertiary/aromatic N) is 2. The zero-order valence-electron chi connectivity index (χ0n) is 12.9. The number of carbonyl (C=O) groups is 1. The zero-order chi connectivity index (χ0) is 16.1. The number of anilines is 1. The van der Waals surface area contributed by atoms with E-state index in [1.807, 2.05) is 24.1 Å². The Hall–Kier alpha value is -1.37. The highest BCUT2D eigenvalue weighted by Gasteiger charge is 2.22. The number of halogens is 1. The molecule has 0 aromatic heterocycles. The lowest BCUT2D eigenvalue weighted by Crippen LogP contribution is -3.12. The van der Waals surface area contributed by atoms with E-state index in [4.69, 9.17) is 23.8 Å². The van der Waals surface area contributed by atoms with Crippen molar-refractivity contribution in [2.75, 3.05) is 52.1 Å². The van der Waals surface area contributed by atoms with Crippen molar-refractivity contribution in [1.82, 2.24) is 9.80 Å². The van der Waals surface area contributed by atoms with Gasteiger partial charge in [-0.1, -0.05) is 11.6 Å². The van der Waals surface area contributed by atoms with E-state index in [9.17, 15) is 4.79 Å². The second-order valence-electron chi connectivity index (χ2n) is 5.63. The number of rotatable bonds is 3. The maximum atomic E-state index is 12.3. The van der Waals surface area contributed by atoms with Gasteiger partial charge in [-0.15, -0.1) is 0 Å². The summed E-state index contributed by atoms with van der Waals surface area (Å²) in [4.78, 5) is 17.4. The van der Waals surface area contributed by atoms with Crippen molar-refractivity contribution in [1.29, 1.82) is 0 Å². The number of thiocarbonyl (C=S) groups is 1. The molecule has 1 heterocycles. The lowest BCUT2D eigenvalue weighted by molar-refractivity contribution is -0.883. The van der Waals surface area contributed by atoms with E-state index in [1.54, 1.807) is 17.0 Å². The van der Waals surface area contributed by atoms with Crippen LogP contribution in [0.25, 0.3) is 0 Å². The molecule has 2 rings (SSSR count). The first kappa shape index (κ1) is 17.0. The molecule has 1 aliphatic rings. The van der Waals surface area contributed by atoms with Gasteiger partial charge in [0.1, 0.15) is 0 Å². The number of likely N-dealkylation sites (N-methyl/N-ethyl adjacent to an activating group) is 2. The maximum Gasteiger partial charge on any atom is 0.242 e. The van der Waals surface area contributed by atoms with Crippen molar-refractivity contribution in [3.8, 4) is 0 Å². The molecule has 0 unspecified atom stereocenters. The van der Waals surface area contributed by atoms with Gasteiger partial charge in [-0.2, -0.15) is 0 Å². The molecule has 7 heteroatoms. The van der Waals surface area contributed by atoms with Crippen LogP contribution in [0, 0.1) is 0 Å². The second kappa shape index (κ2) is 7.76. The van der Waals surface area contributed by atoms with E-state index in [2.05, 4.69) is 12.4 Å². The molecule has 0 aliphatic carbocycles. The SMILES string of the molecule is CN(CC(=O)N1CC[NH+](C)CC1)C(=S)Nc1ccc(Cl)cc1. The van der Waals surface area contributed by atoms with E-state index in [0.29, 0.717) is 16.7 Å².